The smallest absolute Gasteiger partial charge is 0.391 e. The molecule has 0 unspecified atom stereocenters. The molecule has 1 aliphatic rings. The standard InChI is InChI=1S/C16H20F3NO3S/c1-8-9(2)24-14(12(8)15(22)23-3)20-13(21)10-5-4-6-11(7-10)16(17,18)19/h10-11H,4-7H2,1-3H3,(H,20,21)/t10-,11-/m0/s1. The Morgan fingerprint density at radius 1 is 1.25 bits per heavy atom. The zero-order valence-corrected chi connectivity index (χ0v) is 14.6. The predicted molar refractivity (Wildman–Crippen MR) is 85.3 cm³/mol. The molecule has 24 heavy (non-hydrogen) atoms. The van der Waals surface area contributed by atoms with Crippen molar-refractivity contribution in [3.8, 4) is 0 Å². The van der Waals surface area contributed by atoms with Gasteiger partial charge in [0, 0.05) is 10.8 Å². The van der Waals surface area contributed by atoms with Gasteiger partial charge in [-0.1, -0.05) is 6.42 Å². The molecule has 0 bridgehead atoms. The summed E-state index contributed by atoms with van der Waals surface area (Å²) in [5, 5.41) is 2.98. The number of hydrogen-bond donors (Lipinski definition) is 1. The van der Waals surface area contributed by atoms with Gasteiger partial charge in [-0.2, -0.15) is 13.2 Å². The zero-order chi connectivity index (χ0) is 18.1. The number of thiophene rings is 1. The molecule has 2 rings (SSSR count). The van der Waals surface area contributed by atoms with E-state index in [9.17, 15) is 22.8 Å². The summed E-state index contributed by atoms with van der Waals surface area (Å²) in [4.78, 5) is 25.1. The lowest BCUT2D eigenvalue weighted by molar-refractivity contribution is -0.185. The van der Waals surface area contributed by atoms with Crippen LogP contribution in [0.4, 0.5) is 18.2 Å². The Labute approximate surface area is 142 Å². The highest BCUT2D eigenvalue weighted by molar-refractivity contribution is 7.16. The van der Waals surface area contributed by atoms with E-state index in [1.165, 1.54) is 18.4 Å². The van der Waals surface area contributed by atoms with Gasteiger partial charge in [0.1, 0.15) is 5.00 Å². The van der Waals surface area contributed by atoms with E-state index in [1.54, 1.807) is 6.92 Å². The van der Waals surface area contributed by atoms with E-state index in [0.29, 0.717) is 23.4 Å². The predicted octanol–water partition coefficient (Wildman–Crippen LogP) is 4.46. The van der Waals surface area contributed by atoms with Crippen LogP contribution < -0.4 is 5.32 Å². The maximum absolute atomic E-state index is 12.9. The van der Waals surface area contributed by atoms with E-state index < -0.39 is 29.9 Å². The number of amides is 1. The number of alkyl halides is 3. The molecule has 1 fully saturated rings. The second kappa shape index (κ2) is 7.13. The number of halogens is 3. The summed E-state index contributed by atoms with van der Waals surface area (Å²) in [6, 6.07) is 0. The van der Waals surface area contributed by atoms with Gasteiger partial charge in [-0.3, -0.25) is 4.79 Å². The number of carbonyl (C=O) groups excluding carboxylic acids is 2. The molecule has 1 N–H and O–H groups in total. The van der Waals surface area contributed by atoms with Crippen molar-refractivity contribution in [2.45, 2.75) is 45.7 Å². The number of esters is 1. The third kappa shape index (κ3) is 3.91. The molecule has 0 radical (unpaired) electrons. The highest BCUT2D eigenvalue weighted by Crippen LogP contribution is 2.41. The lowest BCUT2D eigenvalue weighted by Gasteiger charge is -2.29. The Balaban J connectivity index is 2.15. The number of anilines is 1. The molecule has 2 atom stereocenters. The molecule has 1 aromatic heterocycles. The van der Waals surface area contributed by atoms with Gasteiger partial charge in [0.25, 0.3) is 0 Å². The first-order chi connectivity index (χ1) is 11.1. The molecular formula is C16H20F3NO3S. The van der Waals surface area contributed by atoms with Gasteiger partial charge in [-0.05, 0) is 38.7 Å². The molecule has 0 saturated heterocycles. The van der Waals surface area contributed by atoms with Crippen LogP contribution in [0, 0.1) is 25.7 Å². The van der Waals surface area contributed by atoms with Crippen LogP contribution in [0.1, 0.15) is 46.5 Å². The molecular weight excluding hydrogens is 343 g/mol. The number of rotatable bonds is 3. The third-order valence-electron chi connectivity index (χ3n) is 4.52. The summed E-state index contributed by atoms with van der Waals surface area (Å²) >= 11 is 1.23. The average molecular weight is 363 g/mol. The second-order valence-electron chi connectivity index (χ2n) is 6.07. The van der Waals surface area contributed by atoms with E-state index >= 15 is 0 Å². The SMILES string of the molecule is COC(=O)c1c(NC(=O)[C@H]2CCC[C@H](C(F)(F)F)C2)sc(C)c1C. The lowest BCUT2D eigenvalue weighted by atomic mass is 9.80. The third-order valence-corrected chi connectivity index (χ3v) is 5.64. The average Bonchev–Trinajstić information content (AvgIpc) is 2.80. The number of ether oxygens (including phenoxy) is 1. The molecule has 0 aliphatic heterocycles. The highest BCUT2D eigenvalue weighted by Gasteiger charge is 2.43. The Morgan fingerprint density at radius 3 is 2.50 bits per heavy atom. The van der Waals surface area contributed by atoms with Crippen LogP contribution in [-0.4, -0.2) is 25.2 Å². The first-order valence-electron chi connectivity index (χ1n) is 7.71. The quantitative estimate of drug-likeness (QED) is 0.807. The van der Waals surface area contributed by atoms with E-state index in [1.807, 2.05) is 6.92 Å². The maximum atomic E-state index is 12.9. The second-order valence-corrected chi connectivity index (χ2v) is 7.30. The largest absolute Gasteiger partial charge is 0.465 e. The van der Waals surface area contributed by atoms with Gasteiger partial charge in [-0.15, -0.1) is 11.3 Å². The van der Waals surface area contributed by atoms with Crippen molar-refractivity contribution in [3.63, 3.8) is 0 Å². The lowest BCUT2D eigenvalue weighted by Crippen LogP contribution is -2.34. The molecule has 1 amide bonds. The van der Waals surface area contributed by atoms with E-state index in [4.69, 9.17) is 4.74 Å². The van der Waals surface area contributed by atoms with Crippen LogP contribution in [0.5, 0.6) is 0 Å². The Hall–Kier alpha value is -1.57. The Kier molecular flexibility index (Phi) is 5.57. The van der Waals surface area contributed by atoms with Crippen molar-refractivity contribution in [1.29, 1.82) is 0 Å². The van der Waals surface area contributed by atoms with Gasteiger partial charge < -0.3 is 10.1 Å². The molecule has 1 saturated carbocycles. The fourth-order valence-corrected chi connectivity index (χ4v) is 4.05. The minimum absolute atomic E-state index is 0.0674. The number of methoxy groups -OCH3 is 1. The Morgan fingerprint density at radius 2 is 1.92 bits per heavy atom. The van der Waals surface area contributed by atoms with Gasteiger partial charge >= 0.3 is 12.1 Å². The Bertz CT molecular complexity index is 639. The molecule has 1 aromatic rings. The van der Waals surface area contributed by atoms with Gasteiger partial charge in [0.15, 0.2) is 0 Å². The number of hydrogen-bond acceptors (Lipinski definition) is 4. The highest BCUT2D eigenvalue weighted by atomic mass is 32.1. The summed E-state index contributed by atoms with van der Waals surface area (Å²) in [7, 11) is 1.25. The minimum atomic E-state index is -4.27. The van der Waals surface area contributed by atoms with Crippen molar-refractivity contribution in [2.75, 3.05) is 12.4 Å². The monoisotopic (exact) mass is 363 g/mol. The van der Waals surface area contributed by atoms with E-state index in [-0.39, 0.29) is 18.4 Å². The van der Waals surface area contributed by atoms with Crippen molar-refractivity contribution in [1.82, 2.24) is 0 Å². The summed E-state index contributed by atoms with van der Waals surface area (Å²) < 4.78 is 43.4. The van der Waals surface area contributed by atoms with Crippen LogP contribution >= 0.6 is 11.3 Å². The van der Waals surface area contributed by atoms with Gasteiger partial charge in [-0.25, -0.2) is 4.79 Å². The number of nitrogens with one attached hydrogen (secondary N) is 1. The first kappa shape index (κ1) is 18.8. The first-order valence-corrected chi connectivity index (χ1v) is 8.52. The molecule has 1 heterocycles. The normalized spacial score (nSPS) is 21.4. The van der Waals surface area contributed by atoms with Crippen molar-refractivity contribution in [2.24, 2.45) is 11.8 Å². The number of aryl methyl sites for hydroxylation is 1. The minimum Gasteiger partial charge on any atom is -0.465 e. The summed E-state index contributed by atoms with van der Waals surface area (Å²) in [6.45, 7) is 3.55. The zero-order valence-electron chi connectivity index (χ0n) is 13.8. The van der Waals surface area contributed by atoms with Gasteiger partial charge in [0.2, 0.25) is 5.91 Å². The van der Waals surface area contributed by atoms with E-state index in [0.717, 1.165) is 4.88 Å². The van der Waals surface area contributed by atoms with Crippen LogP contribution in [0.2, 0.25) is 0 Å². The van der Waals surface area contributed by atoms with Crippen molar-refractivity contribution in [3.05, 3.63) is 16.0 Å². The summed E-state index contributed by atoms with van der Waals surface area (Å²) in [5.74, 6) is -3.16. The van der Waals surface area contributed by atoms with E-state index in [2.05, 4.69) is 5.32 Å². The van der Waals surface area contributed by atoms with Crippen molar-refractivity contribution < 1.29 is 27.5 Å². The fraction of sp³-hybridized carbons (Fsp3) is 0.625. The molecule has 134 valence electrons. The van der Waals surface area contributed by atoms with Crippen LogP contribution in [0.25, 0.3) is 0 Å². The topological polar surface area (TPSA) is 55.4 Å². The molecule has 0 spiro atoms. The molecule has 8 heteroatoms. The maximum Gasteiger partial charge on any atom is 0.391 e. The molecule has 1 aliphatic carbocycles. The molecule has 0 aromatic carbocycles. The summed E-state index contributed by atoms with van der Waals surface area (Å²) in [6.07, 6.45) is -3.61. The summed E-state index contributed by atoms with van der Waals surface area (Å²) in [5.41, 5.74) is 0.982. The number of carbonyl (C=O) groups is 2. The van der Waals surface area contributed by atoms with Crippen molar-refractivity contribution >= 4 is 28.2 Å². The van der Waals surface area contributed by atoms with Crippen LogP contribution in [0.3, 0.4) is 0 Å². The van der Waals surface area contributed by atoms with Gasteiger partial charge in [0.05, 0.1) is 18.6 Å². The van der Waals surface area contributed by atoms with Crippen LogP contribution in [0.15, 0.2) is 0 Å². The molecule has 4 nitrogen and oxygen atoms in total. The van der Waals surface area contributed by atoms with Crippen LogP contribution in [-0.2, 0) is 9.53 Å². The fourth-order valence-electron chi connectivity index (χ4n) is 3.00.